The third kappa shape index (κ3) is 4.06. The van der Waals surface area contributed by atoms with Gasteiger partial charge in [0, 0.05) is 11.6 Å². The molecule has 0 heterocycles. The van der Waals surface area contributed by atoms with Crippen molar-refractivity contribution in [3.05, 3.63) is 65.2 Å². The molecular formula is C17H13F2NO2. The van der Waals surface area contributed by atoms with E-state index in [4.69, 9.17) is 4.74 Å². The van der Waals surface area contributed by atoms with E-state index in [0.29, 0.717) is 6.07 Å². The minimum Gasteiger partial charge on any atom is -0.497 e. The van der Waals surface area contributed by atoms with Crippen molar-refractivity contribution in [3.8, 4) is 17.6 Å². The lowest BCUT2D eigenvalue weighted by Crippen LogP contribution is -2.24. The van der Waals surface area contributed by atoms with Gasteiger partial charge in [-0.15, -0.1) is 0 Å². The monoisotopic (exact) mass is 301 g/mol. The van der Waals surface area contributed by atoms with E-state index in [1.165, 1.54) is 0 Å². The van der Waals surface area contributed by atoms with Crippen LogP contribution >= 0.6 is 0 Å². The van der Waals surface area contributed by atoms with Crippen LogP contribution in [-0.4, -0.2) is 19.6 Å². The third-order valence-electron chi connectivity index (χ3n) is 2.84. The zero-order chi connectivity index (χ0) is 15.9. The minimum absolute atomic E-state index is 0.0572. The largest absolute Gasteiger partial charge is 0.497 e. The van der Waals surface area contributed by atoms with Gasteiger partial charge in [-0.25, -0.2) is 8.78 Å². The van der Waals surface area contributed by atoms with Crippen molar-refractivity contribution in [3.63, 3.8) is 0 Å². The summed E-state index contributed by atoms with van der Waals surface area (Å²) in [6.07, 6.45) is 0. The molecule has 0 saturated carbocycles. The van der Waals surface area contributed by atoms with Gasteiger partial charge in [0.1, 0.15) is 17.4 Å². The van der Waals surface area contributed by atoms with E-state index in [1.807, 2.05) is 0 Å². The predicted octanol–water partition coefficient (Wildman–Crippen LogP) is 2.75. The summed E-state index contributed by atoms with van der Waals surface area (Å²) in [7, 11) is 1.57. The molecule has 1 amide bonds. The minimum atomic E-state index is -0.902. The molecule has 0 bridgehead atoms. The first-order valence-electron chi connectivity index (χ1n) is 6.46. The Labute approximate surface area is 126 Å². The number of methoxy groups -OCH3 is 1. The molecule has 1 N–H and O–H groups in total. The summed E-state index contributed by atoms with van der Waals surface area (Å²) in [4.78, 5) is 11.7. The van der Waals surface area contributed by atoms with Crippen LogP contribution in [0.15, 0.2) is 42.5 Å². The topological polar surface area (TPSA) is 38.3 Å². The first-order valence-corrected chi connectivity index (χ1v) is 6.46. The molecule has 0 saturated heterocycles. The Morgan fingerprint density at radius 1 is 1.18 bits per heavy atom. The Kier molecular flexibility index (Phi) is 5.10. The fourth-order valence-corrected chi connectivity index (χ4v) is 1.71. The van der Waals surface area contributed by atoms with E-state index in [-0.39, 0.29) is 12.1 Å². The lowest BCUT2D eigenvalue weighted by Gasteiger charge is -2.02. The van der Waals surface area contributed by atoms with Gasteiger partial charge in [-0.1, -0.05) is 11.8 Å². The van der Waals surface area contributed by atoms with Crippen LogP contribution in [0.3, 0.4) is 0 Å². The van der Waals surface area contributed by atoms with Gasteiger partial charge in [0.15, 0.2) is 0 Å². The van der Waals surface area contributed by atoms with Crippen molar-refractivity contribution in [1.29, 1.82) is 0 Å². The van der Waals surface area contributed by atoms with Crippen LogP contribution in [0.2, 0.25) is 0 Å². The maximum Gasteiger partial charge on any atom is 0.255 e. The van der Waals surface area contributed by atoms with Crippen LogP contribution in [-0.2, 0) is 0 Å². The summed E-state index contributed by atoms with van der Waals surface area (Å²) >= 11 is 0. The first kappa shape index (κ1) is 15.5. The van der Waals surface area contributed by atoms with Crippen molar-refractivity contribution >= 4 is 5.91 Å². The zero-order valence-corrected chi connectivity index (χ0v) is 11.8. The Morgan fingerprint density at radius 2 is 1.91 bits per heavy atom. The molecule has 0 unspecified atom stereocenters. The second-order valence-electron chi connectivity index (χ2n) is 4.34. The van der Waals surface area contributed by atoms with Crippen LogP contribution in [0.1, 0.15) is 15.9 Å². The van der Waals surface area contributed by atoms with Crippen molar-refractivity contribution in [2.75, 3.05) is 13.7 Å². The normalized spacial score (nSPS) is 9.59. The van der Waals surface area contributed by atoms with Crippen LogP contribution in [0.4, 0.5) is 8.78 Å². The second-order valence-corrected chi connectivity index (χ2v) is 4.34. The molecule has 0 aliphatic heterocycles. The van der Waals surface area contributed by atoms with Gasteiger partial charge in [-0.3, -0.25) is 4.79 Å². The third-order valence-corrected chi connectivity index (χ3v) is 2.84. The highest BCUT2D eigenvalue weighted by atomic mass is 19.1. The Morgan fingerprint density at radius 3 is 2.55 bits per heavy atom. The van der Waals surface area contributed by atoms with E-state index in [2.05, 4.69) is 17.2 Å². The first-order chi connectivity index (χ1) is 10.6. The molecule has 0 radical (unpaired) electrons. The smallest absolute Gasteiger partial charge is 0.255 e. The quantitative estimate of drug-likeness (QED) is 0.885. The number of rotatable bonds is 3. The van der Waals surface area contributed by atoms with Crippen molar-refractivity contribution in [2.24, 2.45) is 0 Å². The summed E-state index contributed by atoms with van der Waals surface area (Å²) < 4.78 is 31.2. The zero-order valence-electron chi connectivity index (χ0n) is 11.8. The Balaban J connectivity index is 1.93. The molecule has 5 heteroatoms. The summed E-state index contributed by atoms with van der Waals surface area (Å²) in [5, 5.41) is 2.45. The summed E-state index contributed by atoms with van der Waals surface area (Å²) in [6.45, 7) is 0.0572. The van der Waals surface area contributed by atoms with E-state index in [0.717, 1.165) is 23.4 Å². The van der Waals surface area contributed by atoms with Crippen LogP contribution in [0.5, 0.6) is 5.75 Å². The number of amides is 1. The fraction of sp³-hybridized carbons (Fsp3) is 0.118. The van der Waals surface area contributed by atoms with E-state index in [9.17, 15) is 13.6 Å². The molecular weight excluding hydrogens is 288 g/mol. The summed E-state index contributed by atoms with van der Waals surface area (Å²) in [5.74, 6) is 4.06. The van der Waals surface area contributed by atoms with Gasteiger partial charge >= 0.3 is 0 Å². The molecule has 2 rings (SSSR count). The fourth-order valence-electron chi connectivity index (χ4n) is 1.71. The van der Waals surface area contributed by atoms with Gasteiger partial charge in [0.05, 0.1) is 19.2 Å². The molecule has 0 atom stereocenters. The average Bonchev–Trinajstić information content (AvgIpc) is 2.52. The van der Waals surface area contributed by atoms with Crippen LogP contribution in [0.25, 0.3) is 0 Å². The SMILES string of the molecule is COc1ccc(C#CCNC(=O)c2ccc(F)cc2F)cc1. The maximum absolute atomic E-state index is 13.4. The predicted molar refractivity (Wildman–Crippen MR) is 78.6 cm³/mol. The molecule has 2 aromatic rings. The number of nitrogens with one attached hydrogen (secondary N) is 1. The highest BCUT2D eigenvalue weighted by Gasteiger charge is 2.11. The number of hydrogen-bond acceptors (Lipinski definition) is 2. The second kappa shape index (κ2) is 7.23. The summed E-state index contributed by atoms with van der Waals surface area (Å²) in [5.41, 5.74) is 0.552. The summed E-state index contributed by atoms with van der Waals surface area (Å²) in [6, 6.07) is 9.91. The lowest BCUT2D eigenvalue weighted by atomic mass is 10.2. The molecule has 0 aliphatic rings. The van der Waals surface area contributed by atoms with E-state index < -0.39 is 17.5 Å². The number of ether oxygens (including phenoxy) is 1. The highest BCUT2D eigenvalue weighted by Crippen LogP contribution is 2.10. The molecule has 0 aromatic heterocycles. The van der Waals surface area contributed by atoms with Gasteiger partial charge in [-0.2, -0.15) is 0 Å². The molecule has 3 nitrogen and oxygen atoms in total. The molecule has 0 spiro atoms. The molecule has 112 valence electrons. The van der Waals surface area contributed by atoms with Crippen LogP contribution < -0.4 is 10.1 Å². The number of carbonyl (C=O) groups is 1. The number of benzene rings is 2. The van der Waals surface area contributed by atoms with Crippen molar-refractivity contribution < 1.29 is 18.3 Å². The molecule has 2 aromatic carbocycles. The molecule has 0 aliphatic carbocycles. The van der Waals surface area contributed by atoms with Crippen molar-refractivity contribution in [2.45, 2.75) is 0 Å². The Hall–Kier alpha value is -2.87. The van der Waals surface area contributed by atoms with Gasteiger partial charge < -0.3 is 10.1 Å². The number of hydrogen-bond donors (Lipinski definition) is 1. The molecule has 0 fully saturated rings. The number of halogens is 2. The van der Waals surface area contributed by atoms with E-state index >= 15 is 0 Å². The number of carbonyl (C=O) groups excluding carboxylic acids is 1. The Bertz CT molecular complexity index is 731. The maximum atomic E-state index is 13.4. The van der Waals surface area contributed by atoms with Gasteiger partial charge in [0.2, 0.25) is 0 Å². The highest BCUT2D eigenvalue weighted by molar-refractivity contribution is 5.94. The average molecular weight is 301 g/mol. The lowest BCUT2D eigenvalue weighted by molar-refractivity contribution is 0.0954. The molecule has 22 heavy (non-hydrogen) atoms. The van der Waals surface area contributed by atoms with Crippen molar-refractivity contribution in [1.82, 2.24) is 5.32 Å². The van der Waals surface area contributed by atoms with E-state index in [1.54, 1.807) is 31.4 Å². The van der Waals surface area contributed by atoms with Gasteiger partial charge in [-0.05, 0) is 36.4 Å². The van der Waals surface area contributed by atoms with Crippen LogP contribution in [0, 0.1) is 23.5 Å². The standard InChI is InChI=1S/C17H13F2NO2/c1-22-14-7-4-12(5-8-14)3-2-10-20-17(21)15-9-6-13(18)11-16(15)19/h4-9,11H,10H2,1H3,(H,20,21). The van der Waals surface area contributed by atoms with Gasteiger partial charge in [0.25, 0.3) is 5.91 Å².